The average molecular weight is 359 g/mol. The molecule has 2 heterocycles. The van der Waals surface area contributed by atoms with E-state index < -0.39 is 34.5 Å². The van der Waals surface area contributed by atoms with Gasteiger partial charge in [-0.15, -0.1) is 0 Å². The van der Waals surface area contributed by atoms with E-state index >= 15 is 0 Å². The van der Waals surface area contributed by atoms with Gasteiger partial charge in [-0.1, -0.05) is 0 Å². The number of morpholine rings is 1. The Morgan fingerprint density at radius 2 is 1.48 bits per heavy atom. The lowest BCUT2D eigenvalue weighted by atomic mass is 10.1. The van der Waals surface area contributed by atoms with Crippen molar-refractivity contribution in [1.82, 2.24) is 0 Å². The smallest absolute Gasteiger partial charge is 0.185 e. The van der Waals surface area contributed by atoms with Gasteiger partial charge in [0, 0.05) is 13.1 Å². The predicted octanol–water partition coefficient (Wildman–Crippen LogP) is 2.16. The Morgan fingerprint density at radius 3 is 2.08 bits per heavy atom. The maximum Gasteiger partial charge on any atom is 0.185 e. The number of ether oxygens (including phenoxy) is 1. The van der Waals surface area contributed by atoms with E-state index in [4.69, 9.17) is 4.74 Å². The summed E-state index contributed by atoms with van der Waals surface area (Å²) in [6.45, 7) is 4.21. The number of nitrogens with one attached hydrogen (secondary N) is 1. The lowest BCUT2D eigenvalue weighted by Gasteiger charge is -2.29. The molecule has 1 aromatic carbocycles. The number of nitrogens with zero attached hydrogens (tertiary/aromatic N) is 1. The van der Waals surface area contributed by atoms with Gasteiger partial charge in [-0.25, -0.2) is 17.6 Å². The molecular weight excluding hydrogens is 336 g/mol. The van der Waals surface area contributed by atoms with Crippen molar-refractivity contribution in [2.45, 2.75) is 19.3 Å². The van der Waals surface area contributed by atoms with Crippen LogP contribution < -0.4 is 9.80 Å². The summed E-state index contributed by atoms with van der Waals surface area (Å²) in [4.78, 5) is 2.60. The van der Waals surface area contributed by atoms with Crippen LogP contribution in [-0.2, 0) is 4.74 Å². The molecule has 7 heteroatoms. The minimum atomic E-state index is -1.33. The van der Waals surface area contributed by atoms with Crippen molar-refractivity contribution >= 4 is 11.8 Å². The number of hydrogen-bond donors (Lipinski definition) is 1. The van der Waals surface area contributed by atoms with Crippen molar-refractivity contribution in [3.8, 4) is 0 Å². The van der Waals surface area contributed by atoms with E-state index in [0.717, 1.165) is 38.4 Å². The Balaban J connectivity index is 1.82. The maximum atomic E-state index is 14.4. The molecule has 2 aliphatic rings. The summed E-state index contributed by atoms with van der Waals surface area (Å²) in [5.74, 6) is -5.27. The van der Waals surface area contributed by atoms with E-state index in [9.17, 15) is 17.6 Å². The lowest BCUT2D eigenvalue weighted by molar-refractivity contribution is -0.902. The van der Waals surface area contributed by atoms with Gasteiger partial charge in [0.05, 0.1) is 25.3 Å². The highest BCUT2D eigenvalue weighted by Gasteiger charge is 2.28. The Bertz CT molecular complexity index is 609. The van der Waals surface area contributed by atoms with E-state index in [1.807, 2.05) is 0 Å². The molecule has 138 valence electrons. The average Bonchev–Trinajstić information content (AvgIpc) is 2.65. The van der Waals surface area contributed by atoms with Crippen molar-refractivity contribution in [3.05, 3.63) is 34.9 Å². The van der Waals surface area contributed by atoms with Crippen LogP contribution in [0.1, 0.15) is 24.8 Å². The van der Waals surface area contributed by atoms with E-state index in [0.29, 0.717) is 32.8 Å². The molecule has 2 saturated heterocycles. The van der Waals surface area contributed by atoms with Crippen molar-refractivity contribution in [1.29, 1.82) is 0 Å². The van der Waals surface area contributed by atoms with Crippen LogP contribution in [0.5, 0.6) is 0 Å². The molecule has 1 N–H and O–H groups in total. The number of rotatable bonds is 4. The van der Waals surface area contributed by atoms with Gasteiger partial charge >= 0.3 is 0 Å². The summed E-state index contributed by atoms with van der Waals surface area (Å²) >= 11 is 0. The molecule has 0 radical (unpaired) electrons. The zero-order chi connectivity index (χ0) is 17.8. The summed E-state index contributed by atoms with van der Waals surface area (Å²) in [5.41, 5.74) is -1.23. The number of piperidine rings is 1. The van der Waals surface area contributed by atoms with Crippen LogP contribution in [0.3, 0.4) is 0 Å². The van der Waals surface area contributed by atoms with Crippen LogP contribution >= 0.6 is 0 Å². The van der Waals surface area contributed by atoms with Gasteiger partial charge in [0.2, 0.25) is 0 Å². The fraction of sp³-hybridized carbons (Fsp3) is 0.556. The van der Waals surface area contributed by atoms with E-state index in [1.165, 1.54) is 9.80 Å². The quantitative estimate of drug-likeness (QED) is 0.656. The lowest BCUT2D eigenvalue weighted by Crippen LogP contribution is -3.13. The predicted molar refractivity (Wildman–Crippen MR) is 87.8 cm³/mol. The third-order valence-corrected chi connectivity index (χ3v) is 4.84. The van der Waals surface area contributed by atoms with E-state index in [-0.39, 0.29) is 0 Å². The van der Waals surface area contributed by atoms with Crippen molar-refractivity contribution in [3.63, 3.8) is 0 Å². The first-order valence-corrected chi connectivity index (χ1v) is 8.78. The Labute approximate surface area is 144 Å². The van der Waals surface area contributed by atoms with Gasteiger partial charge in [0.15, 0.2) is 23.3 Å². The molecule has 2 aliphatic heterocycles. The molecule has 1 aromatic rings. The fourth-order valence-corrected chi connectivity index (χ4v) is 3.39. The van der Waals surface area contributed by atoms with Gasteiger partial charge < -0.3 is 14.5 Å². The first-order valence-electron chi connectivity index (χ1n) is 8.78. The molecule has 0 unspecified atom stereocenters. The van der Waals surface area contributed by atoms with E-state index in [2.05, 4.69) is 0 Å². The van der Waals surface area contributed by atoms with Gasteiger partial charge in [-0.3, -0.25) is 0 Å². The first kappa shape index (κ1) is 18.2. The Hall–Kier alpha value is -1.60. The number of halogens is 4. The second kappa shape index (κ2) is 8.19. The molecule has 0 amide bonds. The highest BCUT2D eigenvalue weighted by Crippen LogP contribution is 2.33. The van der Waals surface area contributed by atoms with Gasteiger partial charge in [0.1, 0.15) is 18.8 Å². The number of hydrogen-bond acceptors (Lipinski definition) is 2. The fourth-order valence-electron chi connectivity index (χ4n) is 3.39. The minimum absolute atomic E-state index is 0.405. The Kier molecular flexibility index (Phi) is 5.96. The van der Waals surface area contributed by atoms with Crippen LogP contribution in [0, 0.1) is 23.3 Å². The third kappa shape index (κ3) is 3.98. The molecular formula is C18H23F4N2O+. The normalized spacial score (nSPS) is 19.8. The summed E-state index contributed by atoms with van der Waals surface area (Å²) in [6, 6.07) is 0. The Morgan fingerprint density at radius 1 is 0.880 bits per heavy atom. The maximum absolute atomic E-state index is 14.4. The van der Waals surface area contributed by atoms with Crippen LogP contribution in [0.25, 0.3) is 6.08 Å². The number of anilines is 1. The molecule has 0 atom stereocenters. The highest BCUT2D eigenvalue weighted by molar-refractivity contribution is 5.60. The van der Waals surface area contributed by atoms with Gasteiger partial charge in [-0.2, -0.15) is 0 Å². The van der Waals surface area contributed by atoms with Crippen molar-refractivity contribution in [2.24, 2.45) is 0 Å². The SMILES string of the molecule is Fc1c(F)c(N2CCCCC2)c(F)c(F)c1/C=C/C[NH+]1CCOCC1. The van der Waals surface area contributed by atoms with Gasteiger partial charge in [-0.05, 0) is 31.4 Å². The van der Waals surface area contributed by atoms with Crippen LogP contribution in [0.2, 0.25) is 0 Å². The monoisotopic (exact) mass is 359 g/mol. The molecule has 3 rings (SSSR count). The van der Waals surface area contributed by atoms with Gasteiger partial charge in [0.25, 0.3) is 0 Å². The number of benzene rings is 1. The highest BCUT2D eigenvalue weighted by atomic mass is 19.2. The minimum Gasteiger partial charge on any atom is -0.370 e. The molecule has 0 saturated carbocycles. The third-order valence-electron chi connectivity index (χ3n) is 4.84. The molecule has 0 aliphatic carbocycles. The van der Waals surface area contributed by atoms with Crippen molar-refractivity contribution < 1.29 is 27.2 Å². The van der Waals surface area contributed by atoms with Crippen molar-refractivity contribution in [2.75, 3.05) is 50.8 Å². The topological polar surface area (TPSA) is 16.9 Å². The standard InChI is InChI=1S/C18H22F4N2O/c19-14-13(5-4-6-23-9-11-25-12-10-23)15(20)17(22)18(16(14)21)24-7-2-1-3-8-24/h4-5H,1-3,6-12H2/p+1/b5-4+. The molecule has 3 nitrogen and oxygen atoms in total. The summed E-state index contributed by atoms with van der Waals surface area (Å²) in [7, 11) is 0. The van der Waals surface area contributed by atoms with Crippen LogP contribution in [0.4, 0.5) is 23.2 Å². The molecule has 0 spiro atoms. The molecule has 0 bridgehead atoms. The molecule has 25 heavy (non-hydrogen) atoms. The zero-order valence-electron chi connectivity index (χ0n) is 14.1. The summed E-state index contributed by atoms with van der Waals surface area (Å²) < 4.78 is 62.7. The second-order valence-electron chi connectivity index (χ2n) is 6.53. The summed E-state index contributed by atoms with van der Waals surface area (Å²) in [6.07, 6.45) is 5.16. The van der Waals surface area contributed by atoms with Crippen LogP contribution in [-0.4, -0.2) is 45.9 Å². The zero-order valence-corrected chi connectivity index (χ0v) is 14.1. The largest absolute Gasteiger partial charge is 0.370 e. The number of quaternary nitrogens is 1. The first-order chi connectivity index (χ1) is 12.1. The molecule has 0 aromatic heterocycles. The summed E-state index contributed by atoms with van der Waals surface area (Å²) in [5, 5.41) is 0. The van der Waals surface area contributed by atoms with E-state index in [1.54, 1.807) is 6.08 Å². The second-order valence-corrected chi connectivity index (χ2v) is 6.53. The van der Waals surface area contributed by atoms with Crippen LogP contribution in [0.15, 0.2) is 6.08 Å². The molecule has 2 fully saturated rings.